The molecule has 0 spiro atoms. The van der Waals surface area contributed by atoms with Crippen molar-refractivity contribution in [3.63, 3.8) is 0 Å². The van der Waals surface area contributed by atoms with E-state index in [-0.39, 0.29) is 18.1 Å². The van der Waals surface area contributed by atoms with Gasteiger partial charge < -0.3 is 14.9 Å². The second kappa shape index (κ2) is 6.48. The number of benzene rings is 2. The molecule has 1 atom stereocenters. The zero-order chi connectivity index (χ0) is 16.2. The maximum absolute atomic E-state index is 13.3. The first-order valence-corrected chi connectivity index (χ1v) is 7.10. The van der Waals surface area contributed by atoms with Gasteiger partial charge in [-0.2, -0.15) is 0 Å². The van der Waals surface area contributed by atoms with Crippen molar-refractivity contribution in [1.29, 1.82) is 0 Å². The maximum atomic E-state index is 13.3. The molecule has 0 radical (unpaired) electrons. The van der Waals surface area contributed by atoms with Crippen LogP contribution in [-0.2, 0) is 9.63 Å². The monoisotopic (exact) mass is 314 g/mol. The average Bonchev–Trinajstić information content (AvgIpc) is 3.05. The summed E-state index contributed by atoms with van der Waals surface area (Å²) >= 11 is 0. The van der Waals surface area contributed by atoms with Crippen LogP contribution in [0.1, 0.15) is 12.0 Å². The van der Waals surface area contributed by atoms with Gasteiger partial charge in [0, 0.05) is 12.0 Å². The number of nitrogens with zero attached hydrogens (tertiary/aromatic N) is 1. The number of para-hydroxylation sites is 2. The minimum atomic E-state index is -0.752. The van der Waals surface area contributed by atoms with Gasteiger partial charge in [0.1, 0.15) is 11.6 Å². The van der Waals surface area contributed by atoms with Gasteiger partial charge in [0.2, 0.25) is 6.10 Å². The summed E-state index contributed by atoms with van der Waals surface area (Å²) in [5.74, 6) is -0.123. The van der Waals surface area contributed by atoms with E-state index < -0.39 is 6.10 Å². The molecule has 1 heterocycles. The van der Waals surface area contributed by atoms with E-state index in [9.17, 15) is 9.18 Å². The van der Waals surface area contributed by atoms with Crippen molar-refractivity contribution in [2.24, 2.45) is 5.16 Å². The lowest BCUT2D eigenvalue weighted by Gasteiger charge is -2.12. The van der Waals surface area contributed by atoms with Gasteiger partial charge in [-0.1, -0.05) is 29.4 Å². The first-order valence-electron chi connectivity index (χ1n) is 7.10. The van der Waals surface area contributed by atoms with Crippen molar-refractivity contribution in [3.8, 4) is 5.75 Å². The first-order chi connectivity index (χ1) is 11.2. The van der Waals surface area contributed by atoms with Crippen LogP contribution < -0.4 is 10.1 Å². The Morgan fingerprint density at radius 2 is 2.13 bits per heavy atom. The molecule has 5 nitrogen and oxygen atoms in total. The quantitative estimate of drug-likeness (QED) is 0.944. The summed E-state index contributed by atoms with van der Waals surface area (Å²) in [5.41, 5.74) is 1.71. The summed E-state index contributed by atoms with van der Waals surface area (Å²) in [7, 11) is 1.53. The molecule has 0 aliphatic carbocycles. The summed E-state index contributed by atoms with van der Waals surface area (Å²) in [5, 5.41) is 6.64. The molecule has 118 valence electrons. The molecular formula is C17H15FN2O3. The molecule has 1 N–H and O–H groups in total. The van der Waals surface area contributed by atoms with Gasteiger partial charge in [-0.3, -0.25) is 4.79 Å². The molecule has 0 saturated carbocycles. The normalized spacial score (nSPS) is 16.4. The second-order valence-electron chi connectivity index (χ2n) is 5.04. The van der Waals surface area contributed by atoms with Crippen LogP contribution in [0, 0.1) is 5.82 Å². The Kier molecular flexibility index (Phi) is 4.23. The van der Waals surface area contributed by atoms with E-state index in [0.29, 0.717) is 22.7 Å². The molecule has 1 amide bonds. The highest BCUT2D eigenvalue weighted by molar-refractivity contribution is 6.06. The van der Waals surface area contributed by atoms with Crippen LogP contribution >= 0.6 is 0 Å². The van der Waals surface area contributed by atoms with Gasteiger partial charge >= 0.3 is 0 Å². The third-order valence-electron chi connectivity index (χ3n) is 3.48. The standard InChI is InChI=1S/C17H15FN2O3/c1-22-15-8-3-2-7-13(15)19-17(21)16-10-14(20-23-16)11-5-4-6-12(18)9-11/h2-9,16H,10H2,1H3,(H,19,21). The van der Waals surface area contributed by atoms with Gasteiger partial charge in [0.05, 0.1) is 18.5 Å². The van der Waals surface area contributed by atoms with E-state index in [2.05, 4.69) is 10.5 Å². The van der Waals surface area contributed by atoms with Crippen molar-refractivity contribution in [2.45, 2.75) is 12.5 Å². The SMILES string of the molecule is COc1ccccc1NC(=O)C1CC(c2cccc(F)c2)=NO1. The lowest BCUT2D eigenvalue weighted by Crippen LogP contribution is -2.28. The van der Waals surface area contributed by atoms with Gasteiger partial charge in [-0.25, -0.2) is 4.39 Å². The summed E-state index contributed by atoms with van der Waals surface area (Å²) < 4.78 is 18.4. The van der Waals surface area contributed by atoms with Crippen LogP contribution in [0.25, 0.3) is 0 Å². The Balaban J connectivity index is 1.67. The van der Waals surface area contributed by atoms with Crippen LogP contribution in [0.3, 0.4) is 0 Å². The highest BCUT2D eigenvalue weighted by Crippen LogP contribution is 2.25. The Morgan fingerprint density at radius 1 is 1.30 bits per heavy atom. The lowest BCUT2D eigenvalue weighted by atomic mass is 10.0. The van der Waals surface area contributed by atoms with Crippen molar-refractivity contribution < 1.29 is 18.8 Å². The second-order valence-corrected chi connectivity index (χ2v) is 5.04. The summed E-state index contributed by atoms with van der Waals surface area (Å²) in [6.45, 7) is 0. The van der Waals surface area contributed by atoms with Crippen molar-refractivity contribution >= 4 is 17.3 Å². The number of methoxy groups -OCH3 is 1. The zero-order valence-electron chi connectivity index (χ0n) is 12.5. The number of oxime groups is 1. The molecule has 0 bridgehead atoms. The number of hydrogen-bond donors (Lipinski definition) is 1. The van der Waals surface area contributed by atoms with E-state index >= 15 is 0 Å². The molecule has 2 aromatic rings. The topological polar surface area (TPSA) is 59.9 Å². The number of hydrogen-bond acceptors (Lipinski definition) is 4. The van der Waals surface area contributed by atoms with E-state index in [4.69, 9.17) is 9.57 Å². The molecule has 1 unspecified atom stereocenters. The smallest absolute Gasteiger partial charge is 0.268 e. The van der Waals surface area contributed by atoms with E-state index in [1.165, 1.54) is 19.2 Å². The molecule has 3 rings (SSSR count). The molecule has 0 aromatic heterocycles. The first kappa shape index (κ1) is 15.0. The van der Waals surface area contributed by atoms with Crippen molar-refractivity contribution in [3.05, 3.63) is 59.9 Å². The summed E-state index contributed by atoms with van der Waals surface area (Å²) in [4.78, 5) is 17.5. The molecule has 0 fully saturated rings. The average molecular weight is 314 g/mol. The van der Waals surface area contributed by atoms with E-state index in [0.717, 1.165) is 0 Å². The Morgan fingerprint density at radius 3 is 2.91 bits per heavy atom. The van der Waals surface area contributed by atoms with Gasteiger partial charge in [-0.05, 0) is 24.3 Å². The van der Waals surface area contributed by atoms with Gasteiger partial charge in [0.15, 0.2) is 0 Å². The fraction of sp³-hybridized carbons (Fsp3) is 0.176. The zero-order valence-corrected chi connectivity index (χ0v) is 12.5. The molecule has 23 heavy (non-hydrogen) atoms. The molecule has 6 heteroatoms. The number of carbonyl (C=O) groups is 1. The number of carbonyl (C=O) groups excluding carboxylic acids is 1. The fourth-order valence-corrected chi connectivity index (χ4v) is 2.32. The number of nitrogens with one attached hydrogen (secondary N) is 1. The predicted octanol–water partition coefficient (Wildman–Crippen LogP) is 2.97. The lowest BCUT2D eigenvalue weighted by molar-refractivity contribution is -0.125. The van der Waals surface area contributed by atoms with E-state index in [1.807, 2.05) is 6.07 Å². The van der Waals surface area contributed by atoms with E-state index in [1.54, 1.807) is 30.3 Å². The number of amides is 1. The Bertz CT molecular complexity index is 761. The van der Waals surface area contributed by atoms with Crippen molar-refractivity contribution in [2.75, 3.05) is 12.4 Å². The molecule has 1 aliphatic heterocycles. The predicted molar refractivity (Wildman–Crippen MR) is 84.1 cm³/mol. The highest BCUT2D eigenvalue weighted by Gasteiger charge is 2.29. The molecular weight excluding hydrogens is 299 g/mol. The van der Waals surface area contributed by atoms with Gasteiger partial charge in [0.25, 0.3) is 5.91 Å². The third-order valence-corrected chi connectivity index (χ3v) is 3.48. The maximum Gasteiger partial charge on any atom is 0.268 e. The summed E-state index contributed by atoms with van der Waals surface area (Å²) in [6, 6.07) is 13.1. The Hall–Kier alpha value is -2.89. The van der Waals surface area contributed by atoms with Crippen LogP contribution in [0.2, 0.25) is 0 Å². The Labute approximate surface area is 132 Å². The van der Waals surface area contributed by atoms with Gasteiger partial charge in [-0.15, -0.1) is 0 Å². The van der Waals surface area contributed by atoms with Crippen LogP contribution in [0.4, 0.5) is 10.1 Å². The third kappa shape index (κ3) is 3.31. The minimum Gasteiger partial charge on any atom is -0.495 e. The van der Waals surface area contributed by atoms with Crippen LogP contribution in [0.15, 0.2) is 53.7 Å². The number of halogens is 1. The number of anilines is 1. The van der Waals surface area contributed by atoms with Crippen LogP contribution in [0.5, 0.6) is 5.75 Å². The fourth-order valence-electron chi connectivity index (χ4n) is 2.32. The molecule has 0 saturated heterocycles. The van der Waals surface area contributed by atoms with Crippen LogP contribution in [-0.4, -0.2) is 24.8 Å². The largest absolute Gasteiger partial charge is 0.495 e. The molecule has 1 aliphatic rings. The highest BCUT2D eigenvalue weighted by atomic mass is 19.1. The molecule has 2 aromatic carbocycles. The summed E-state index contributed by atoms with van der Waals surface area (Å²) in [6.07, 6.45) is -0.470. The number of rotatable bonds is 4. The van der Waals surface area contributed by atoms with Crippen molar-refractivity contribution in [1.82, 2.24) is 0 Å². The minimum absolute atomic E-state index is 0.282. The number of ether oxygens (including phenoxy) is 1.